The van der Waals surface area contributed by atoms with Gasteiger partial charge in [0.05, 0.1) is 12.0 Å². The topological polar surface area (TPSA) is 38.8 Å². The van der Waals surface area contributed by atoms with E-state index in [-0.39, 0.29) is 23.8 Å². The number of likely N-dealkylation sites (tertiary alicyclic amines) is 1. The van der Waals surface area contributed by atoms with E-state index < -0.39 is 17.7 Å². The van der Waals surface area contributed by atoms with E-state index in [1.54, 1.807) is 30.3 Å². The zero-order chi connectivity index (χ0) is 20.1. The minimum atomic E-state index is -4.57. The van der Waals surface area contributed by atoms with Gasteiger partial charge in [0.25, 0.3) is 0 Å². The van der Waals surface area contributed by atoms with Crippen molar-refractivity contribution in [2.24, 2.45) is 0 Å². The van der Waals surface area contributed by atoms with Crippen LogP contribution in [-0.4, -0.2) is 37.1 Å². The molecule has 0 aliphatic carbocycles. The highest BCUT2D eigenvalue weighted by Gasteiger charge is 2.35. The van der Waals surface area contributed by atoms with Crippen molar-refractivity contribution in [2.75, 3.05) is 20.1 Å². The first-order valence-electron chi connectivity index (χ1n) is 9.12. The summed E-state index contributed by atoms with van der Waals surface area (Å²) in [5.41, 5.74) is -0.638. The standard InChI is InChI=1S/C21H22F3NO3/c1-25-11-9-17(10-12-25)27-19-8-7-15(13-18(19)21(22,23)24)14-20(26)28-16-5-3-2-4-6-16/h2-8,13,17H,9-12,14H2,1H3. The molecular weight excluding hydrogens is 371 g/mol. The summed E-state index contributed by atoms with van der Waals surface area (Å²) < 4.78 is 51.4. The van der Waals surface area contributed by atoms with Gasteiger partial charge in [0.1, 0.15) is 17.6 Å². The molecule has 0 bridgehead atoms. The highest BCUT2D eigenvalue weighted by Crippen LogP contribution is 2.38. The number of alkyl halides is 3. The van der Waals surface area contributed by atoms with Gasteiger partial charge in [-0.3, -0.25) is 4.79 Å². The number of halogens is 3. The molecule has 0 saturated carbocycles. The molecule has 0 atom stereocenters. The molecule has 0 aromatic heterocycles. The Kier molecular flexibility index (Phi) is 6.24. The van der Waals surface area contributed by atoms with E-state index in [0.717, 1.165) is 19.2 Å². The van der Waals surface area contributed by atoms with Gasteiger partial charge in [0.15, 0.2) is 0 Å². The first kappa shape index (κ1) is 20.2. The van der Waals surface area contributed by atoms with Crippen LogP contribution in [-0.2, 0) is 17.4 Å². The Hall–Kier alpha value is -2.54. The minimum Gasteiger partial charge on any atom is -0.490 e. The molecule has 1 fully saturated rings. The van der Waals surface area contributed by atoms with E-state index in [1.807, 2.05) is 7.05 Å². The van der Waals surface area contributed by atoms with Crippen LogP contribution in [0.2, 0.25) is 0 Å². The van der Waals surface area contributed by atoms with Gasteiger partial charge in [0.2, 0.25) is 0 Å². The Morgan fingerprint density at radius 3 is 2.43 bits per heavy atom. The molecule has 150 valence electrons. The van der Waals surface area contributed by atoms with Crippen LogP contribution >= 0.6 is 0 Å². The fourth-order valence-electron chi connectivity index (χ4n) is 3.12. The molecule has 2 aromatic carbocycles. The summed E-state index contributed by atoms with van der Waals surface area (Å²) >= 11 is 0. The van der Waals surface area contributed by atoms with Crippen LogP contribution in [0, 0.1) is 0 Å². The Morgan fingerprint density at radius 2 is 1.79 bits per heavy atom. The van der Waals surface area contributed by atoms with E-state index in [1.165, 1.54) is 12.1 Å². The predicted octanol–water partition coefficient (Wildman–Crippen LogP) is 4.33. The second-order valence-electron chi connectivity index (χ2n) is 6.91. The van der Waals surface area contributed by atoms with Crippen LogP contribution in [0.15, 0.2) is 48.5 Å². The maximum Gasteiger partial charge on any atom is 0.419 e. The zero-order valence-electron chi connectivity index (χ0n) is 15.5. The number of para-hydroxylation sites is 1. The molecule has 4 nitrogen and oxygen atoms in total. The SMILES string of the molecule is CN1CCC(Oc2ccc(CC(=O)Oc3ccccc3)cc2C(F)(F)F)CC1. The second kappa shape index (κ2) is 8.65. The number of rotatable bonds is 5. The predicted molar refractivity (Wildman–Crippen MR) is 98.4 cm³/mol. The molecule has 1 aliphatic heterocycles. The van der Waals surface area contributed by atoms with Gasteiger partial charge in [-0.25, -0.2) is 0 Å². The number of piperidine rings is 1. The average Bonchev–Trinajstić information content (AvgIpc) is 2.65. The fraction of sp³-hybridized carbons (Fsp3) is 0.381. The maximum atomic E-state index is 13.5. The van der Waals surface area contributed by atoms with Crippen LogP contribution < -0.4 is 9.47 Å². The van der Waals surface area contributed by atoms with E-state index in [0.29, 0.717) is 18.6 Å². The van der Waals surface area contributed by atoms with Crippen molar-refractivity contribution in [3.05, 3.63) is 59.7 Å². The number of ether oxygens (including phenoxy) is 2. The van der Waals surface area contributed by atoms with Crippen molar-refractivity contribution in [1.29, 1.82) is 0 Å². The smallest absolute Gasteiger partial charge is 0.419 e. The molecular formula is C21H22F3NO3. The molecule has 1 heterocycles. The fourth-order valence-corrected chi connectivity index (χ4v) is 3.12. The summed E-state index contributed by atoms with van der Waals surface area (Å²) in [6, 6.07) is 12.2. The van der Waals surface area contributed by atoms with Crippen molar-refractivity contribution in [1.82, 2.24) is 4.90 Å². The highest BCUT2D eigenvalue weighted by molar-refractivity contribution is 5.75. The quantitative estimate of drug-likeness (QED) is 0.560. The number of carbonyl (C=O) groups is 1. The van der Waals surface area contributed by atoms with Crippen molar-refractivity contribution in [2.45, 2.75) is 31.5 Å². The summed E-state index contributed by atoms with van der Waals surface area (Å²) in [6.45, 7) is 1.57. The number of benzene rings is 2. The minimum absolute atomic E-state index is 0.192. The van der Waals surface area contributed by atoms with Crippen molar-refractivity contribution < 1.29 is 27.4 Å². The molecule has 1 aliphatic rings. The lowest BCUT2D eigenvalue weighted by Crippen LogP contribution is -2.36. The Balaban J connectivity index is 1.72. The molecule has 3 rings (SSSR count). The summed E-state index contributed by atoms with van der Waals surface area (Å²) in [7, 11) is 1.97. The first-order chi connectivity index (χ1) is 13.3. The van der Waals surface area contributed by atoms with Gasteiger partial charge >= 0.3 is 12.1 Å². The summed E-state index contributed by atoms with van der Waals surface area (Å²) in [6.07, 6.45) is -3.71. The second-order valence-corrected chi connectivity index (χ2v) is 6.91. The number of esters is 1. The molecule has 0 amide bonds. The molecule has 0 radical (unpaired) electrons. The monoisotopic (exact) mass is 393 g/mol. The van der Waals surface area contributed by atoms with Crippen molar-refractivity contribution in [3.8, 4) is 11.5 Å². The zero-order valence-corrected chi connectivity index (χ0v) is 15.5. The van der Waals surface area contributed by atoms with Gasteiger partial charge in [-0.05, 0) is 49.7 Å². The number of carbonyl (C=O) groups excluding carboxylic acids is 1. The largest absolute Gasteiger partial charge is 0.490 e. The van der Waals surface area contributed by atoms with E-state index >= 15 is 0 Å². The Morgan fingerprint density at radius 1 is 1.11 bits per heavy atom. The highest BCUT2D eigenvalue weighted by atomic mass is 19.4. The lowest BCUT2D eigenvalue weighted by atomic mass is 10.1. The molecule has 2 aromatic rings. The Labute approximate surface area is 161 Å². The molecule has 0 N–H and O–H groups in total. The van der Waals surface area contributed by atoms with Crippen LogP contribution in [0.4, 0.5) is 13.2 Å². The third-order valence-electron chi connectivity index (χ3n) is 4.63. The number of nitrogens with zero attached hydrogens (tertiary/aromatic N) is 1. The summed E-state index contributed by atoms with van der Waals surface area (Å²) in [5.74, 6) is -0.462. The number of hydrogen-bond acceptors (Lipinski definition) is 4. The van der Waals surface area contributed by atoms with Crippen LogP contribution in [0.1, 0.15) is 24.0 Å². The third-order valence-corrected chi connectivity index (χ3v) is 4.63. The van der Waals surface area contributed by atoms with E-state index in [4.69, 9.17) is 9.47 Å². The van der Waals surface area contributed by atoms with Gasteiger partial charge < -0.3 is 14.4 Å². The number of hydrogen-bond donors (Lipinski definition) is 0. The third kappa shape index (κ3) is 5.48. The van der Waals surface area contributed by atoms with E-state index in [2.05, 4.69) is 4.90 Å². The van der Waals surface area contributed by atoms with Crippen molar-refractivity contribution >= 4 is 5.97 Å². The van der Waals surface area contributed by atoms with Crippen LogP contribution in [0.25, 0.3) is 0 Å². The molecule has 1 saturated heterocycles. The normalized spacial score (nSPS) is 16.0. The summed E-state index contributed by atoms with van der Waals surface area (Å²) in [5, 5.41) is 0. The first-order valence-corrected chi connectivity index (χ1v) is 9.12. The Bertz CT molecular complexity index is 800. The van der Waals surface area contributed by atoms with Gasteiger partial charge in [-0.15, -0.1) is 0 Å². The van der Waals surface area contributed by atoms with Gasteiger partial charge in [0, 0.05) is 13.1 Å². The van der Waals surface area contributed by atoms with Crippen LogP contribution in [0.3, 0.4) is 0 Å². The van der Waals surface area contributed by atoms with E-state index in [9.17, 15) is 18.0 Å². The molecule has 7 heteroatoms. The average molecular weight is 393 g/mol. The summed E-state index contributed by atoms with van der Waals surface area (Å²) in [4.78, 5) is 14.2. The maximum absolute atomic E-state index is 13.5. The van der Waals surface area contributed by atoms with Gasteiger partial charge in [-0.2, -0.15) is 13.2 Å². The lowest BCUT2D eigenvalue weighted by Gasteiger charge is -2.30. The van der Waals surface area contributed by atoms with Crippen molar-refractivity contribution in [3.63, 3.8) is 0 Å². The van der Waals surface area contributed by atoms with Crippen LogP contribution in [0.5, 0.6) is 11.5 Å². The molecule has 28 heavy (non-hydrogen) atoms. The molecule has 0 spiro atoms. The van der Waals surface area contributed by atoms with Gasteiger partial charge in [-0.1, -0.05) is 24.3 Å². The lowest BCUT2D eigenvalue weighted by molar-refractivity contribution is -0.140. The molecule has 0 unspecified atom stereocenters.